The Hall–Kier alpha value is -2.41. The second kappa shape index (κ2) is 12.0. The molecule has 1 aliphatic rings. The Morgan fingerprint density at radius 3 is 2.59 bits per heavy atom. The number of carbonyl (C=O) groups is 1. The van der Waals surface area contributed by atoms with E-state index in [9.17, 15) is 20.1 Å². The van der Waals surface area contributed by atoms with E-state index in [0.29, 0.717) is 30.1 Å². The summed E-state index contributed by atoms with van der Waals surface area (Å²) in [5, 5.41) is 35.9. The highest BCUT2D eigenvalue weighted by molar-refractivity contribution is 5.78. The predicted molar refractivity (Wildman–Crippen MR) is 125 cm³/mol. The highest BCUT2D eigenvalue weighted by atomic mass is 16.3. The van der Waals surface area contributed by atoms with Gasteiger partial charge in [-0.15, -0.1) is 0 Å². The highest BCUT2D eigenvalue weighted by Gasteiger charge is 2.16. The molecule has 2 atom stereocenters. The van der Waals surface area contributed by atoms with Crippen molar-refractivity contribution >= 4 is 5.91 Å². The van der Waals surface area contributed by atoms with Crippen LogP contribution in [0.2, 0.25) is 0 Å². The highest BCUT2D eigenvalue weighted by Crippen LogP contribution is 2.22. The molecule has 5 N–H and O–H groups in total. The van der Waals surface area contributed by atoms with Crippen molar-refractivity contribution in [2.45, 2.75) is 76.7 Å². The van der Waals surface area contributed by atoms with Crippen molar-refractivity contribution in [3.63, 3.8) is 0 Å². The fraction of sp³-hybridized carbons (Fsp3) is 0.500. The number of hydrogen-bond donors (Lipinski definition) is 5. The zero-order valence-electron chi connectivity index (χ0n) is 18.9. The smallest absolute Gasteiger partial charge is 0.224 e. The van der Waals surface area contributed by atoms with Crippen LogP contribution >= 0.6 is 0 Å². The van der Waals surface area contributed by atoms with Crippen molar-refractivity contribution in [1.82, 2.24) is 10.6 Å². The number of aromatic hydroxyl groups is 1. The van der Waals surface area contributed by atoms with E-state index in [1.54, 1.807) is 12.1 Å². The lowest BCUT2D eigenvalue weighted by atomic mass is 9.95. The first-order valence-electron chi connectivity index (χ1n) is 11.7. The maximum atomic E-state index is 12.4. The van der Waals surface area contributed by atoms with Crippen LogP contribution in [0.4, 0.5) is 0 Å². The lowest BCUT2D eigenvalue weighted by Crippen LogP contribution is -2.37. The largest absolute Gasteiger partial charge is 0.508 e. The first kappa shape index (κ1) is 24.2. The summed E-state index contributed by atoms with van der Waals surface area (Å²) in [4.78, 5) is 12.4. The van der Waals surface area contributed by atoms with Gasteiger partial charge in [0.2, 0.25) is 5.91 Å². The summed E-state index contributed by atoms with van der Waals surface area (Å²) < 4.78 is 0. The van der Waals surface area contributed by atoms with E-state index < -0.39 is 6.10 Å². The Morgan fingerprint density at radius 2 is 1.84 bits per heavy atom. The molecule has 0 aliphatic heterocycles. The number of aliphatic hydroxyl groups excluding tert-OH is 2. The number of amides is 1. The topological polar surface area (TPSA) is 102 Å². The molecule has 6 nitrogen and oxygen atoms in total. The van der Waals surface area contributed by atoms with Crippen molar-refractivity contribution in [2.24, 2.45) is 0 Å². The first-order chi connectivity index (χ1) is 15.4. The Morgan fingerprint density at radius 1 is 1.09 bits per heavy atom. The van der Waals surface area contributed by atoms with Crippen LogP contribution in [0.1, 0.15) is 67.4 Å². The number of nitrogens with one attached hydrogen (secondary N) is 2. The van der Waals surface area contributed by atoms with E-state index in [0.717, 1.165) is 30.4 Å². The van der Waals surface area contributed by atoms with Crippen molar-refractivity contribution in [3.8, 4) is 5.75 Å². The Labute approximate surface area is 190 Å². The van der Waals surface area contributed by atoms with Gasteiger partial charge < -0.3 is 26.0 Å². The molecule has 1 amide bonds. The van der Waals surface area contributed by atoms with Gasteiger partial charge in [0.25, 0.3) is 0 Å². The van der Waals surface area contributed by atoms with Crippen LogP contribution in [0.3, 0.4) is 0 Å². The van der Waals surface area contributed by atoms with Gasteiger partial charge in [0.15, 0.2) is 0 Å². The summed E-state index contributed by atoms with van der Waals surface area (Å²) in [5.41, 5.74) is 3.22. The summed E-state index contributed by atoms with van der Waals surface area (Å²) in [7, 11) is 0. The molecular weight excluding hydrogens is 404 g/mol. The van der Waals surface area contributed by atoms with E-state index in [1.165, 1.54) is 25.3 Å². The van der Waals surface area contributed by atoms with Crippen molar-refractivity contribution < 1.29 is 20.1 Å². The van der Waals surface area contributed by atoms with E-state index in [4.69, 9.17) is 0 Å². The van der Waals surface area contributed by atoms with E-state index in [1.807, 2.05) is 12.1 Å². The van der Waals surface area contributed by atoms with Crippen molar-refractivity contribution in [2.75, 3.05) is 6.54 Å². The average molecular weight is 441 g/mol. The number of carbonyl (C=O) groups excluding carboxylic acids is 1. The standard InChI is InChI=1S/C26H36N2O4/c1-18(27-16-25(31)21-10-11-24(30)22(15-21)17-29)12-19-6-5-7-20(13-19)14-26(32)28-23-8-3-2-4-9-23/h5-7,10-11,13,15,18,23,25,27,29-31H,2-4,8-9,12,14,16-17H2,1H3,(H,28,32)/t18-,25-/m1/s1. The third-order valence-corrected chi connectivity index (χ3v) is 6.19. The molecule has 1 fully saturated rings. The molecule has 0 heterocycles. The molecule has 0 radical (unpaired) electrons. The molecule has 2 aromatic rings. The van der Waals surface area contributed by atoms with E-state index in [-0.39, 0.29) is 24.3 Å². The molecule has 1 aliphatic carbocycles. The second-order valence-electron chi connectivity index (χ2n) is 8.97. The molecule has 0 aromatic heterocycles. The van der Waals surface area contributed by atoms with Crippen molar-refractivity contribution in [1.29, 1.82) is 0 Å². The predicted octanol–water partition coefficient (Wildman–Crippen LogP) is 3.13. The van der Waals surface area contributed by atoms with Crippen molar-refractivity contribution in [3.05, 3.63) is 64.7 Å². The molecule has 32 heavy (non-hydrogen) atoms. The monoisotopic (exact) mass is 440 g/mol. The van der Waals surface area contributed by atoms with E-state index >= 15 is 0 Å². The van der Waals surface area contributed by atoms with Gasteiger partial charge in [-0.1, -0.05) is 49.6 Å². The molecule has 0 spiro atoms. The number of rotatable bonds is 10. The lowest BCUT2D eigenvalue weighted by molar-refractivity contribution is -0.121. The SMILES string of the molecule is C[C@H](Cc1cccc(CC(=O)NC2CCCCC2)c1)NC[C@@H](O)c1ccc(O)c(CO)c1. The summed E-state index contributed by atoms with van der Waals surface area (Å²) >= 11 is 0. The van der Waals surface area contributed by atoms with Crippen LogP contribution in [0.5, 0.6) is 5.75 Å². The summed E-state index contributed by atoms with van der Waals surface area (Å²) in [5.74, 6) is 0.122. The van der Waals surface area contributed by atoms with Gasteiger partial charge in [-0.25, -0.2) is 0 Å². The molecule has 174 valence electrons. The molecule has 1 saturated carbocycles. The third kappa shape index (κ3) is 7.33. The summed E-state index contributed by atoms with van der Waals surface area (Å²) in [6, 6.07) is 13.4. The van der Waals surface area contributed by atoms with Crippen LogP contribution in [-0.4, -0.2) is 39.9 Å². The number of benzene rings is 2. The zero-order valence-corrected chi connectivity index (χ0v) is 18.9. The molecule has 6 heteroatoms. The van der Waals surface area contributed by atoms with Gasteiger partial charge in [0.05, 0.1) is 19.1 Å². The Balaban J connectivity index is 1.47. The van der Waals surface area contributed by atoms with Gasteiger partial charge in [0.1, 0.15) is 5.75 Å². The normalized spacial score (nSPS) is 16.5. The minimum atomic E-state index is -0.738. The third-order valence-electron chi connectivity index (χ3n) is 6.19. The molecule has 0 saturated heterocycles. The van der Waals surface area contributed by atoms with Gasteiger partial charge in [-0.3, -0.25) is 4.79 Å². The van der Waals surface area contributed by atoms with Crippen LogP contribution in [-0.2, 0) is 24.2 Å². The number of phenols is 1. The van der Waals surface area contributed by atoms with Gasteiger partial charge in [0, 0.05) is 24.2 Å². The van der Waals surface area contributed by atoms with E-state index in [2.05, 4.69) is 29.7 Å². The van der Waals surface area contributed by atoms with Crippen LogP contribution < -0.4 is 10.6 Å². The van der Waals surface area contributed by atoms with Crippen LogP contribution in [0.25, 0.3) is 0 Å². The van der Waals surface area contributed by atoms with Gasteiger partial charge in [-0.05, 0) is 55.0 Å². The molecular formula is C26H36N2O4. The Kier molecular flexibility index (Phi) is 9.09. The fourth-order valence-corrected chi connectivity index (χ4v) is 4.37. The van der Waals surface area contributed by atoms with Crippen LogP contribution in [0.15, 0.2) is 42.5 Å². The second-order valence-corrected chi connectivity index (χ2v) is 8.97. The number of hydrogen-bond acceptors (Lipinski definition) is 5. The average Bonchev–Trinajstić information content (AvgIpc) is 2.78. The Bertz CT molecular complexity index is 880. The van der Waals surface area contributed by atoms with Gasteiger partial charge in [-0.2, -0.15) is 0 Å². The summed E-state index contributed by atoms with van der Waals surface area (Å²) in [6.07, 6.45) is 6.30. The maximum Gasteiger partial charge on any atom is 0.224 e. The lowest BCUT2D eigenvalue weighted by Gasteiger charge is -2.22. The van der Waals surface area contributed by atoms with Gasteiger partial charge >= 0.3 is 0 Å². The zero-order chi connectivity index (χ0) is 22.9. The first-order valence-corrected chi connectivity index (χ1v) is 11.7. The molecule has 0 bridgehead atoms. The number of aliphatic hydroxyl groups is 2. The minimum Gasteiger partial charge on any atom is -0.508 e. The minimum absolute atomic E-state index is 0.0251. The molecule has 3 rings (SSSR count). The van der Waals surface area contributed by atoms with Crippen LogP contribution in [0, 0.1) is 0 Å². The molecule has 2 aromatic carbocycles. The quantitative estimate of drug-likeness (QED) is 0.391. The maximum absolute atomic E-state index is 12.4. The fourth-order valence-electron chi connectivity index (χ4n) is 4.37. The molecule has 0 unspecified atom stereocenters. The summed E-state index contributed by atoms with van der Waals surface area (Å²) in [6.45, 7) is 2.15.